The molecule has 9 heteroatoms. The fraction of sp³-hybridized carbons (Fsp3) is 0.304. The molecule has 4 rings (SSSR count). The minimum atomic E-state index is -0.411. The van der Waals surface area contributed by atoms with Gasteiger partial charge < -0.3 is 19.5 Å². The van der Waals surface area contributed by atoms with Gasteiger partial charge in [0.05, 0.1) is 16.7 Å². The number of furan rings is 1. The first-order chi connectivity index (χ1) is 15.4. The third-order valence-electron chi connectivity index (χ3n) is 5.48. The molecule has 32 heavy (non-hydrogen) atoms. The van der Waals surface area contributed by atoms with Crippen LogP contribution in [0, 0.1) is 10.1 Å². The lowest BCUT2D eigenvalue weighted by atomic mass is 10.0. The van der Waals surface area contributed by atoms with Crippen molar-refractivity contribution in [3.8, 4) is 11.3 Å². The minimum absolute atomic E-state index is 0.0492. The Morgan fingerprint density at radius 2 is 1.97 bits per heavy atom. The molecule has 1 aliphatic rings. The number of nitro benzene ring substituents is 1. The van der Waals surface area contributed by atoms with Crippen LogP contribution in [-0.4, -0.2) is 52.0 Å². The molecule has 0 spiro atoms. The molecule has 0 saturated carbocycles. The minimum Gasteiger partial charge on any atom is -0.459 e. The van der Waals surface area contributed by atoms with Crippen molar-refractivity contribution < 1.29 is 9.34 Å². The Morgan fingerprint density at radius 3 is 2.62 bits per heavy atom. The number of nitrogens with zero attached hydrogens (tertiary/aromatic N) is 4. The van der Waals surface area contributed by atoms with Gasteiger partial charge in [-0.25, -0.2) is 0 Å². The van der Waals surface area contributed by atoms with Crippen LogP contribution in [-0.2, 0) is 0 Å². The Labute approximate surface area is 192 Å². The van der Waals surface area contributed by atoms with Crippen LogP contribution < -0.4 is 5.32 Å². The summed E-state index contributed by atoms with van der Waals surface area (Å²) in [6.07, 6.45) is 2.73. The van der Waals surface area contributed by atoms with Crippen molar-refractivity contribution in [2.75, 3.05) is 27.2 Å². The molecule has 166 valence electrons. The molecule has 0 radical (unpaired) electrons. The topological polar surface area (TPSA) is 87.7 Å². The predicted octanol–water partition coefficient (Wildman–Crippen LogP) is 4.17. The number of benzene rings is 1. The van der Waals surface area contributed by atoms with E-state index in [0.29, 0.717) is 10.9 Å². The summed E-state index contributed by atoms with van der Waals surface area (Å²) in [5.74, 6) is 1.42. The molecular formula is C23H25N5O3S. The summed E-state index contributed by atoms with van der Waals surface area (Å²) in [5.41, 5.74) is 1.72. The highest BCUT2D eigenvalue weighted by Gasteiger charge is 2.41. The van der Waals surface area contributed by atoms with E-state index in [2.05, 4.69) is 34.2 Å². The summed E-state index contributed by atoms with van der Waals surface area (Å²) in [7, 11) is 4.11. The number of thiocarbonyl (C=S) groups is 1. The maximum absolute atomic E-state index is 10.9. The van der Waals surface area contributed by atoms with Crippen LogP contribution in [0.4, 0.5) is 5.69 Å². The van der Waals surface area contributed by atoms with E-state index in [1.807, 2.05) is 30.3 Å². The SMILES string of the molecule is CN(C)CCCN1C(=S)N[C@@H](c2ccccn2)[C@H]1c1ccc(-c2ccc([N+](=O)[O-])cc2)o1. The maximum Gasteiger partial charge on any atom is 0.269 e. The number of nitrogens with one attached hydrogen (secondary N) is 1. The van der Waals surface area contributed by atoms with Gasteiger partial charge in [0.15, 0.2) is 5.11 Å². The van der Waals surface area contributed by atoms with E-state index in [9.17, 15) is 10.1 Å². The van der Waals surface area contributed by atoms with Crippen LogP contribution in [0.1, 0.15) is 30.0 Å². The van der Waals surface area contributed by atoms with Crippen LogP contribution in [0.5, 0.6) is 0 Å². The summed E-state index contributed by atoms with van der Waals surface area (Å²) in [6.45, 7) is 1.73. The number of rotatable bonds is 8. The van der Waals surface area contributed by atoms with Gasteiger partial charge in [-0.15, -0.1) is 0 Å². The highest BCUT2D eigenvalue weighted by Crippen LogP contribution is 2.40. The molecule has 0 aliphatic carbocycles. The van der Waals surface area contributed by atoms with Gasteiger partial charge in [0.1, 0.15) is 17.6 Å². The molecule has 3 heterocycles. The van der Waals surface area contributed by atoms with Gasteiger partial charge in [-0.1, -0.05) is 6.07 Å². The average molecular weight is 452 g/mol. The van der Waals surface area contributed by atoms with Crippen molar-refractivity contribution in [3.63, 3.8) is 0 Å². The second-order valence-electron chi connectivity index (χ2n) is 7.98. The molecule has 2 atom stereocenters. The molecule has 2 aromatic heterocycles. The monoisotopic (exact) mass is 451 g/mol. The molecule has 1 aromatic carbocycles. The van der Waals surface area contributed by atoms with Crippen LogP contribution >= 0.6 is 12.2 Å². The predicted molar refractivity (Wildman–Crippen MR) is 126 cm³/mol. The quantitative estimate of drug-likeness (QED) is 0.310. The Balaban J connectivity index is 1.64. The molecule has 0 amide bonds. The van der Waals surface area contributed by atoms with Crippen molar-refractivity contribution in [3.05, 3.63) is 82.4 Å². The van der Waals surface area contributed by atoms with E-state index < -0.39 is 4.92 Å². The average Bonchev–Trinajstić information content (AvgIpc) is 3.39. The number of aromatic nitrogens is 1. The summed E-state index contributed by atoms with van der Waals surface area (Å²) in [5, 5.41) is 15.0. The Morgan fingerprint density at radius 1 is 1.19 bits per heavy atom. The van der Waals surface area contributed by atoms with Gasteiger partial charge in [-0.2, -0.15) is 0 Å². The van der Waals surface area contributed by atoms with Crippen LogP contribution in [0.3, 0.4) is 0 Å². The van der Waals surface area contributed by atoms with Crippen LogP contribution in [0.25, 0.3) is 11.3 Å². The van der Waals surface area contributed by atoms with Gasteiger partial charge in [0.25, 0.3) is 5.69 Å². The third kappa shape index (κ3) is 4.63. The number of pyridine rings is 1. The second-order valence-corrected chi connectivity index (χ2v) is 8.37. The number of nitro groups is 1. The van der Waals surface area contributed by atoms with Gasteiger partial charge in [-0.05, 0) is 75.7 Å². The molecule has 1 fully saturated rings. The molecular weight excluding hydrogens is 426 g/mol. The van der Waals surface area contributed by atoms with Gasteiger partial charge in [-0.3, -0.25) is 15.1 Å². The first-order valence-electron chi connectivity index (χ1n) is 10.4. The summed E-state index contributed by atoms with van der Waals surface area (Å²) in [6, 6.07) is 15.7. The maximum atomic E-state index is 10.9. The third-order valence-corrected chi connectivity index (χ3v) is 5.84. The van der Waals surface area contributed by atoms with E-state index in [-0.39, 0.29) is 17.8 Å². The van der Waals surface area contributed by atoms with Gasteiger partial charge >= 0.3 is 0 Å². The van der Waals surface area contributed by atoms with Crippen molar-refractivity contribution in [2.45, 2.75) is 18.5 Å². The van der Waals surface area contributed by atoms with Crippen molar-refractivity contribution >= 4 is 23.0 Å². The molecule has 3 aromatic rings. The van der Waals surface area contributed by atoms with E-state index in [0.717, 1.165) is 36.5 Å². The molecule has 1 saturated heterocycles. The van der Waals surface area contributed by atoms with E-state index >= 15 is 0 Å². The summed E-state index contributed by atoms with van der Waals surface area (Å²) < 4.78 is 6.26. The normalized spacial score (nSPS) is 18.2. The smallest absolute Gasteiger partial charge is 0.269 e. The summed E-state index contributed by atoms with van der Waals surface area (Å²) >= 11 is 5.68. The Hall–Kier alpha value is -3.30. The highest BCUT2D eigenvalue weighted by atomic mass is 32.1. The summed E-state index contributed by atoms with van der Waals surface area (Å²) in [4.78, 5) is 19.4. The fourth-order valence-electron chi connectivity index (χ4n) is 3.93. The zero-order valence-electron chi connectivity index (χ0n) is 18.0. The van der Waals surface area contributed by atoms with E-state index in [4.69, 9.17) is 16.6 Å². The second kappa shape index (κ2) is 9.46. The van der Waals surface area contributed by atoms with Crippen LogP contribution in [0.15, 0.2) is 65.2 Å². The number of hydrogen-bond acceptors (Lipinski definition) is 6. The number of hydrogen-bond donors (Lipinski definition) is 1. The molecule has 0 bridgehead atoms. The van der Waals surface area contributed by atoms with Crippen molar-refractivity contribution in [1.82, 2.24) is 20.1 Å². The molecule has 0 unspecified atom stereocenters. The zero-order chi connectivity index (χ0) is 22.7. The Bertz CT molecular complexity index is 1080. The number of non-ortho nitro benzene ring substituents is 1. The Kier molecular flexibility index (Phi) is 6.48. The zero-order valence-corrected chi connectivity index (χ0v) is 18.8. The lowest BCUT2D eigenvalue weighted by Crippen LogP contribution is -2.32. The molecule has 8 nitrogen and oxygen atoms in total. The highest BCUT2D eigenvalue weighted by molar-refractivity contribution is 7.80. The first kappa shape index (κ1) is 21.9. The molecule has 1 N–H and O–H groups in total. The van der Waals surface area contributed by atoms with Gasteiger partial charge in [0, 0.05) is 30.4 Å². The lowest BCUT2D eigenvalue weighted by molar-refractivity contribution is -0.384. The lowest BCUT2D eigenvalue weighted by Gasteiger charge is -2.26. The van der Waals surface area contributed by atoms with Gasteiger partial charge in [0.2, 0.25) is 0 Å². The molecule has 1 aliphatic heterocycles. The fourth-order valence-corrected chi connectivity index (χ4v) is 4.26. The van der Waals surface area contributed by atoms with E-state index in [1.54, 1.807) is 18.3 Å². The van der Waals surface area contributed by atoms with Crippen molar-refractivity contribution in [2.24, 2.45) is 0 Å². The van der Waals surface area contributed by atoms with Crippen LogP contribution in [0.2, 0.25) is 0 Å². The van der Waals surface area contributed by atoms with E-state index in [1.165, 1.54) is 12.1 Å². The first-order valence-corrected chi connectivity index (χ1v) is 10.8. The van der Waals surface area contributed by atoms with Crippen molar-refractivity contribution in [1.29, 1.82) is 0 Å². The largest absolute Gasteiger partial charge is 0.459 e. The standard InChI is InChI=1S/C23H25N5O3S/c1-26(2)14-5-15-27-22(21(25-23(27)32)18-6-3-4-13-24-18)20-12-11-19(31-20)16-7-9-17(10-8-16)28(29)30/h3-4,6-13,21-22H,5,14-15H2,1-2H3,(H,25,32)/t21-,22+/m0/s1.